The van der Waals surface area contributed by atoms with Gasteiger partial charge < -0.3 is 9.64 Å². The summed E-state index contributed by atoms with van der Waals surface area (Å²) in [5.74, 6) is -0.672. The predicted molar refractivity (Wildman–Crippen MR) is 71.1 cm³/mol. The van der Waals surface area contributed by atoms with Crippen LogP contribution in [0.1, 0.15) is 12.0 Å². The molecule has 100 valence electrons. The van der Waals surface area contributed by atoms with Gasteiger partial charge in [-0.3, -0.25) is 9.59 Å². The molecule has 4 heteroatoms. The summed E-state index contributed by atoms with van der Waals surface area (Å²) in [6.07, 6.45) is 0.386. The minimum absolute atomic E-state index is 0.0796. The van der Waals surface area contributed by atoms with Crippen LogP contribution in [0.4, 0.5) is 0 Å². The fourth-order valence-electron chi connectivity index (χ4n) is 2.29. The Balaban J connectivity index is 2.11. The standard InChI is InChI=1S/C15H17NO3/c1-11-8-13(15(18)19-2)10-16(14(11)17)9-12-6-4-3-5-7-12/h3-7,13H,1,8-10H2,2H3. The number of benzene rings is 1. The van der Waals surface area contributed by atoms with Gasteiger partial charge in [0.2, 0.25) is 5.91 Å². The van der Waals surface area contributed by atoms with E-state index in [4.69, 9.17) is 4.74 Å². The van der Waals surface area contributed by atoms with E-state index >= 15 is 0 Å². The number of esters is 1. The number of methoxy groups -OCH3 is 1. The van der Waals surface area contributed by atoms with E-state index in [9.17, 15) is 9.59 Å². The number of nitrogens with zero attached hydrogens (tertiary/aromatic N) is 1. The molecule has 1 aromatic carbocycles. The van der Waals surface area contributed by atoms with Crippen molar-refractivity contribution in [3.63, 3.8) is 0 Å². The topological polar surface area (TPSA) is 46.6 Å². The summed E-state index contributed by atoms with van der Waals surface area (Å²) in [5, 5.41) is 0. The quantitative estimate of drug-likeness (QED) is 0.614. The zero-order valence-electron chi connectivity index (χ0n) is 11.0. The molecular formula is C15H17NO3. The molecule has 1 saturated heterocycles. The maximum Gasteiger partial charge on any atom is 0.310 e. The van der Waals surface area contributed by atoms with Gasteiger partial charge in [0.15, 0.2) is 0 Å². The SMILES string of the molecule is C=C1CC(C(=O)OC)CN(Cc2ccccc2)C1=O. The molecule has 1 fully saturated rings. The van der Waals surface area contributed by atoms with E-state index in [1.54, 1.807) is 4.90 Å². The first-order valence-corrected chi connectivity index (χ1v) is 6.20. The summed E-state index contributed by atoms with van der Waals surface area (Å²) in [6.45, 7) is 4.64. The Hall–Kier alpha value is -2.10. The number of likely N-dealkylation sites (tertiary alicyclic amines) is 1. The number of hydrogen-bond acceptors (Lipinski definition) is 3. The van der Waals surface area contributed by atoms with Crippen molar-refractivity contribution in [1.29, 1.82) is 0 Å². The molecule has 0 bridgehead atoms. The Labute approximate surface area is 112 Å². The molecule has 1 aromatic rings. The summed E-state index contributed by atoms with van der Waals surface area (Å²) >= 11 is 0. The first kappa shape index (κ1) is 13.3. The van der Waals surface area contributed by atoms with Crippen molar-refractivity contribution in [3.8, 4) is 0 Å². The van der Waals surface area contributed by atoms with Crippen molar-refractivity contribution < 1.29 is 14.3 Å². The highest BCUT2D eigenvalue weighted by atomic mass is 16.5. The third-order valence-electron chi connectivity index (χ3n) is 3.27. The van der Waals surface area contributed by atoms with Gasteiger partial charge >= 0.3 is 5.97 Å². The van der Waals surface area contributed by atoms with E-state index < -0.39 is 0 Å². The molecule has 0 spiro atoms. The zero-order valence-corrected chi connectivity index (χ0v) is 11.0. The lowest BCUT2D eigenvalue weighted by atomic mass is 9.94. The fraction of sp³-hybridized carbons (Fsp3) is 0.333. The lowest BCUT2D eigenvalue weighted by Gasteiger charge is -2.32. The van der Waals surface area contributed by atoms with Crippen LogP contribution in [0.2, 0.25) is 0 Å². The molecule has 1 atom stereocenters. The zero-order chi connectivity index (χ0) is 13.8. The van der Waals surface area contributed by atoms with Crippen molar-refractivity contribution in [2.45, 2.75) is 13.0 Å². The molecule has 1 aliphatic rings. The summed E-state index contributed by atoms with van der Waals surface area (Å²) in [7, 11) is 1.36. The number of carbonyl (C=O) groups is 2. The summed E-state index contributed by atoms with van der Waals surface area (Å²) in [4.78, 5) is 25.3. The molecule has 1 aliphatic heterocycles. The molecule has 1 unspecified atom stereocenters. The molecule has 1 heterocycles. The second-order valence-electron chi connectivity index (χ2n) is 4.70. The normalized spacial score (nSPS) is 19.4. The van der Waals surface area contributed by atoms with Crippen LogP contribution in [0, 0.1) is 5.92 Å². The molecule has 0 radical (unpaired) electrons. The van der Waals surface area contributed by atoms with Gasteiger partial charge in [-0.1, -0.05) is 36.9 Å². The van der Waals surface area contributed by atoms with Crippen LogP contribution in [-0.4, -0.2) is 30.4 Å². The number of piperidine rings is 1. The summed E-state index contributed by atoms with van der Waals surface area (Å²) in [5.41, 5.74) is 1.51. The first-order valence-electron chi connectivity index (χ1n) is 6.20. The second-order valence-corrected chi connectivity index (χ2v) is 4.70. The van der Waals surface area contributed by atoms with Crippen LogP contribution in [0.3, 0.4) is 0 Å². The van der Waals surface area contributed by atoms with E-state index in [2.05, 4.69) is 6.58 Å². The Morgan fingerprint density at radius 3 is 2.74 bits per heavy atom. The van der Waals surface area contributed by atoms with Crippen LogP contribution >= 0.6 is 0 Å². The minimum atomic E-state index is -0.307. The maximum absolute atomic E-state index is 12.1. The van der Waals surface area contributed by atoms with Crippen molar-refractivity contribution in [2.75, 3.05) is 13.7 Å². The van der Waals surface area contributed by atoms with Gasteiger partial charge in [-0.25, -0.2) is 0 Å². The first-order chi connectivity index (χ1) is 9.11. The summed E-state index contributed by atoms with van der Waals surface area (Å²) < 4.78 is 4.75. The Morgan fingerprint density at radius 2 is 2.11 bits per heavy atom. The maximum atomic E-state index is 12.1. The van der Waals surface area contributed by atoms with E-state index in [-0.39, 0.29) is 17.8 Å². The number of rotatable bonds is 3. The average Bonchev–Trinajstić information content (AvgIpc) is 2.44. The largest absolute Gasteiger partial charge is 0.469 e. The van der Waals surface area contributed by atoms with Crippen molar-refractivity contribution >= 4 is 11.9 Å². The molecule has 0 N–H and O–H groups in total. The second kappa shape index (κ2) is 5.69. The van der Waals surface area contributed by atoms with Crippen molar-refractivity contribution in [2.24, 2.45) is 5.92 Å². The van der Waals surface area contributed by atoms with Gasteiger partial charge in [0.25, 0.3) is 0 Å². The molecule has 0 saturated carbocycles. The van der Waals surface area contributed by atoms with Gasteiger partial charge in [-0.2, -0.15) is 0 Å². The van der Waals surface area contributed by atoms with E-state index in [0.717, 1.165) is 5.56 Å². The number of amides is 1. The van der Waals surface area contributed by atoms with Gasteiger partial charge in [-0.05, 0) is 12.0 Å². The van der Waals surface area contributed by atoms with Crippen LogP contribution < -0.4 is 0 Å². The van der Waals surface area contributed by atoms with Crippen LogP contribution in [0.15, 0.2) is 42.5 Å². The van der Waals surface area contributed by atoms with Crippen LogP contribution in [0.5, 0.6) is 0 Å². The highest BCUT2D eigenvalue weighted by Crippen LogP contribution is 2.23. The Bertz CT molecular complexity index is 495. The van der Waals surface area contributed by atoms with Gasteiger partial charge in [0, 0.05) is 18.7 Å². The molecule has 0 aliphatic carbocycles. The molecular weight excluding hydrogens is 242 g/mol. The number of hydrogen-bond donors (Lipinski definition) is 0. The van der Waals surface area contributed by atoms with Crippen molar-refractivity contribution in [3.05, 3.63) is 48.0 Å². The molecule has 2 rings (SSSR count). The van der Waals surface area contributed by atoms with Crippen LogP contribution in [0.25, 0.3) is 0 Å². The van der Waals surface area contributed by atoms with E-state index in [1.807, 2.05) is 30.3 Å². The Morgan fingerprint density at radius 1 is 1.42 bits per heavy atom. The third-order valence-corrected chi connectivity index (χ3v) is 3.27. The highest BCUT2D eigenvalue weighted by molar-refractivity contribution is 5.95. The average molecular weight is 259 g/mol. The van der Waals surface area contributed by atoms with Gasteiger partial charge in [0.1, 0.15) is 0 Å². The van der Waals surface area contributed by atoms with E-state index in [1.165, 1.54) is 7.11 Å². The minimum Gasteiger partial charge on any atom is -0.469 e. The summed E-state index contributed by atoms with van der Waals surface area (Å²) in [6, 6.07) is 9.69. The van der Waals surface area contributed by atoms with Crippen LogP contribution in [-0.2, 0) is 20.9 Å². The molecule has 1 amide bonds. The fourth-order valence-corrected chi connectivity index (χ4v) is 2.29. The number of ether oxygens (including phenoxy) is 1. The molecule has 0 aromatic heterocycles. The third kappa shape index (κ3) is 3.02. The lowest BCUT2D eigenvalue weighted by Crippen LogP contribution is -2.43. The monoisotopic (exact) mass is 259 g/mol. The lowest BCUT2D eigenvalue weighted by molar-refractivity contribution is -0.148. The van der Waals surface area contributed by atoms with Gasteiger partial charge in [-0.15, -0.1) is 0 Å². The highest BCUT2D eigenvalue weighted by Gasteiger charge is 2.33. The predicted octanol–water partition coefficient (Wildman–Crippen LogP) is 1.76. The van der Waals surface area contributed by atoms with Gasteiger partial charge in [0.05, 0.1) is 13.0 Å². The molecule has 4 nitrogen and oxygen atoms in total. The smallest absolute Gasteiger partial charge is 0.310 e. The molecule has 19 heavy (non-hydrogen) atoms. The van der Waals surface area contributed by atoms with Crippen molar-refractivity contribution in [1.82, 2.24) is 4.90 Å². The number of carbonyl (C=O) groups excluding carboxylic acids is 2. The Kier molecular flexibility index (Phi) is 4.00. The van der Waals surface area contributed by atoms with E-state index in [0.29, 0.717) is 25.1 Å².